The highest BCUT2D eigenvalue weighted by molar-refractivity contribution is 6.26. The van der Waals surface area contributed by atoms with E-state index >= 15 is 0 Å². The lowest BCUT2D eigenvalue weighted by atomic mass is 10.0. The smallest absolute Gasteiger partial charge is 0.237 e. The first-order valence-electron chi connectivity index (χ1n) is 12.0. The lowest BCUT2D eigenvalue weighted by Gasteiger charge is -2.11. The average molecular weight is 462 g/mol. The van der Waals surface area contributed by atoms with Gasteiger partial charge < -0.3 is 4.57 Å². The largest absolute Gasteiger partial charge is 0.309 e. The number of para-hydroxylation sites is 3. The Labute approximate surface area is 205 Å². The Kier molecular flexibility index (Phi) is 3.88. The Morgan fingerprint density at radius 2 is 0.889 bits per heavy atom. The number of hydrogen-bond acceptors (Lipinski definition) is 3. The van der Waals surface area contributed by atoms with Gasteiger partial charge in [-0.05, 0) is 24.3 Å². The SMILES string of the molecule is c1ccc(-n2c3ccccc3c3ccc4c(ccc5c6ccccc6n(-c6ncncn6)c54)c32)cc1. The molecule has 0 saturated carbocycles. The summed E-state index contributed by atoms with van der Waals surface area (Å²) in [5.41, 5.74) is 5.73. The van der Waals surface area contributed by atoms with E-state index in [1.807, 2.05) is 0 Å². The van der Waals surface area contributed by atoms with Gasteiger partial charge in [0.25, 0.3) is 0 Å². The van der Waals surface area contributed by atoms with Gasteiger partial charge in [0.2, 0.25) is 5.95 Å². The van der Waals surface area contributed by atoms with Gasteiger partial charge in [-0.3, -0.25) is 4.57 Å². The Hall–Kier alpha value is -5.03. The van der Waals surface area contributed by atoms with Crippen molar-refractivity contribution in [2.75, 3.05) is 0 Å². The molecule has 0 fully saturated rings. The maximum absolute atomic E-state index is 4.53. The number of nitrogens with zero attached hydrogens (tertiary/aromatic N) is 5. The molecule has 8 rings (SSSR count). The van der Waals surface area contributed by atoms with Crippen LogP contribution < -0.4 is 0 Å². The minimum Gasteiger partial charge on any atom is -0.309 e. The maximum atomic E-state index is 4.53. The summed E-state index contributed by atoms with van der Waals surface area (Å²) in [5.74, 6) is 0.618. The van der Waals surface area contributed by atoms with E-state index in [1.165, 1.54) is 38.0 Å². The predicted molar refractivity (Wildman–Crippen MR) is 146 cm³/mol. The summed E-state index contributed by atoms with van der Waals surface area (Å²) in [6, 6.07) is 36.7. The van der Waals surface area contributed by atoms with Crippen molar-refractivity contribution in [3.05, 3.63) is 116 Å². The van der Waals surface area contributed by atoms with E-state index < -0.39 is 0 Å². The van der Waals surface area contributed by atoms with Crippen molar-refractivity contribution in [3.8, 4) is 11.6 Å². The van der Waals surface area contributed by atoms with Crippen LogP contribution in [-0.4, -0.2) is 24.1 Å². The van der Waals surface area contributed by atoms with Gasteiger partial charge in [-0.15, -0.1) is 0 Å². The van der Waals surface area contributed by atoms with Crippen LogP contribution in [0.1, 0.15) is 0 Å². The van der Waals surface area contributed by atoms with Crippen LogP contribution >= 0.6 is 0 Å². The zero-order valence-electron chi connectivity index (χ0n) is 19.2. The van der Waals surface area contributed by atoms with Gasteiger partial charge in [-0.1, -0.05) is 78.9 Å². The molecule has 0 aliphatic rings. The van der Waals surface area contributed by atoms with Crippen molar-refractivity contribution in [1.29, 1.82) is 0 Å². The minimum atomic E-state index is 0.618. The molecule has 0 aliphatic heterocycles. The summed E-state index contributed by atoms with van der Waals surface area (Å²) in [4.78, 5) is 13.1. The standard InChI is InChI=1S/C31H19N5/c1-2-8-20(9-3-1)35-27-12-6-4-10-21(27)23-14-17-26-25(29(23)35)16-15-24-22-11-5-7-13-28(22)36(30(24)26)31-33-18-32-19-34-31/h1-19H. The lowest BCUT2D eigenvalue weighted by Crippen LogP contribution is -2.01. The fourth-order valence-corrected chi connectivity index (χ4v) is 5.73. The molecule has 5 aromatic carbocycles. The van der Waals surface area contributed by atoms with Crippen molar-refractivity contribution in [1.82, 2.24) is 24.1 Å². The molecule has 0 spiro atoms. The van der Waals surface area contributed by atoms with E-state index in [-0.39, 0.29) is 0 Å². The van der Waals surface area contributed by atoms with E-state index in [1.54, 1.807) is 12.7 Å². The molecule has 0 saturated heterocycles. The first kappa shape index (κ1) is 19.3. The Bertz CT molecular complexity index is 1930. The average Bonchev–Trinajstić information content (AvgIpc) is 3.47. The highest BCUT2D eigenvalue weighted by Gasteiger charge is 2.20. The monoisotopic (exact) mass is 461 g/mol. The van der Waals surface area contributed by atoms with Crippen LogP contribution in [-0.2, 0) is 0 Å². The predicted octanol–water partition coefficient (Wildman–Crippen LogP) is 7.22. The third-order valence-corrected chi connectivity index (χ3v) is 7.16. The molecule has 3 heterocycles. The van der Waals surface area contributed by atoms with Crippen molar-refractivity contribution in [2.24, 2.45) is 0 Å². The molecule has 0 radical (unpaired) electrons. The van der Waals surface area contributed by atoms with Gasteiger partial charge in [-0.25, -0.2) is 15.0 Å². The van der Waals surface area contributed by atoms with Crippen molar-refractivity contribution < 1.29 is 0 Å². The van der Waals surface area contributed by atoms with Gasteiger partial charge in [0.1, 0.15) is 12.7 Å². The molecule has 36 heavy (non-hydrogen) atoms. The quantitative estimate of drug-likeness (QED) is 0.273. The first-order chi connectivity index (χ1) is 17.9. The molecule has 0 amide bonds. The van der Waals surface area contributed by atoms with Crippen LogP contribution in [0, 0.1) is 0 Å². The molecular formula is C31H19N5. The summed E-state index contributed by atoms with van der Waals surface area (Å²) in [5, 5.41) is 7.20. The summed E-state index contributed by atoms with van der Waals surface area (Å²) < 4.78 is 4.55. The number of hydrogen-bond donors (Lipinski definition) is 0. The second-order valence-electron chi connectivity index (χ2n) is 9.00. The maximum Gasteiger partial charge on any atom is 0.237 e. The third-order valence-electron chi connectivity index (χ3n) is 7.16. The van der Waals surface area contributed by atoms with Crippen molar-refractivity contribution in [3.63, 3.8) is 0 Å². The van der Waals surface area contributed by atoms with Crippen molar-refractivity contribution in [2.45, 2.75) is 0 Å². The fraction of sp³-hybridized carbons (Fsp3) is 0. The number of aromatic nitrogens is 5. The van der Waals surface area contributed by atoms with E-state index in [0.29, 0.717) is 5.95 Å². The highest BCUT2D eigenvalue weighted by Crippen LogP contribution is 2.41. The first-order valence-corrected chi connectivity index (χ1v) is 12.0. The molecule has 8 aromatic rings. The van der Waals surface area contributed by atoms with E-state index in [2.05, 4.69) is 127 Å². The summed E-state index contributed by atoms with van der Waals surface area (Å²) in [7, 11) is 0. The summed E-state index contributed by atoms with van der Waals surface area (Å²) >= 11 is 0. The van der Waals surface area contributed by atoms with Crippen LogP contribution in [0.25, 0.3) is 66.0 Å². The van der Waals surface area contributed by atoms with Gasteiger partial charge in [0.15, 0.2) is 0 Å². The van der Waals surface area contributed by atoms with Crippen molar-refractivity contribution >= 4 is 54.4 Å². The Balaban J connectivity index is 1.62. The molecule has 0 unspecified atom stereocenters. The summed E-state index contributed by atoms with van der Waals surface area (Å²) in [6.07, 6.45) is 3.11. The highest BCUT2D eigenvalue weighted by atomic mass is 15.2. The van der Waals surface area contributed by atoms with E-state index in [4.69, 9.17) is 0 Å². The molecule has 0 N–H and O–H groups in total. The van der Waals surface area contributed by atoms with Crippen LogP contribution in [0.2, 0.25) is 0 Å². The van der Waals surface area contributed by atoms with Crippen LogP contribution in [0.15, 0.2) is 116 Å². The molecule has 0 bridgehead atoms. The number of benzene rings is 5. The van der Waals surface area contributed by atoms with Gasteiger partial charge >= 0.3 is 0 Å². The van der Waals surface area contributed by atoms with Gasteiger partial charge in [0.05, 0.1) is 22.1 Å². The van der Waals surface area contributed by atoms with Crippen LogP contribution in [0.5, 0.6) is 0 Å². The zero-order chi connectivity index (χ0) is 23.6. The van der Waals surface area contributed by atoms with Gasteiger partial charge in [0, 0.05) is 38.0 Å². The normalized spacial score (nSPS) is 11.9. The molecule has 0 atom stereocenters. The van der Waals surface area contributed by atoms with Crippen LogP contribution in [0.4, 0.5) is 0 Å². The van der Waals surface area contributed by atoms with Crippen LogP contribution in [0.3, 0.4) is 0 Å². The topological polar surface area (TPSA) is 48.5 Å². The molecule has 168 valence electrons. The minimum absolute atomic E-state index is 0.618. The number of fused-ring (bicyclic) bond motifs is 9. The Morgan fingerprint density at radius 3 is 1.50 bits per heavy atom. The molecule has 5 nitrogen and oxygen atoms in total. The zero-order valence-corrected chi connectivity index (χ0v) is 19.2. The third kappa shape index (κ3) is 2.51. The molecule has 3 aromatic heterocycles. The van der Waals surface area contributed by atoms with E-state index in [9.17, 15) is 0 Å². The molecule has 0 aliphatic carbocycles. The second kappa shape index (κ2) is 7.23. The second-order valence-corrected chi connectivity index (χ2v) is 9.00. The van der Waals surface area contributed by atoms with Gasteiger partial charge in [-0.2, -0.15) is 0 Å². The fourth-order valence-electron chi connectivity index (χ4n) is 5.73. The van der Waals surface area contributed by atoms with E-state index in [0.717, 1.165) is 22.1 Å². The number of rotatable bonds is 2. The molecule has 5 heteroatoms. The lowest BCUT2D eigenvalue weighted by molar-refractivity contribution is 0.941. The Morgan fingerprint density at radius 1 is 0.417 bits per heavy atom. The molecular weight excluding hydrogens is 442 g/mol. The summed E-state index contributed by atoms with van der Waals surface area (Å²) in [6.45, 7) is 0.